The molecular weight excluding hydrogens is 234 g/mol. The third-order valence-electron chi connectivity index (χ3n) is 5.90. The highest BCUT2D eigenvalue weighted by Crippen LogP contribution is 2.54. The van der Waals surface area contributed by atoms with E-state index in [2.05, 4.69) is 50.8 Å². The fourth-order valence-corrected chi connectivity index (χ4v) is 3.88. The Bertz CT molecular complexity index is 534. The van der Waals surface area contributed by atoms with Crippen molar-refractivity contribution in [1.82, 2.24) is 0 Å². The molecule has 0 amide bonds. The molecule has 1 aromatic carbocycles. The van der Waals surface area contributed by atoms with Crippen molar-refractivity contribution < 1.29 is 4.79 Å². The summed E-state index contributed by atoms with van der Waals surface area (Å²) >= 11 is 0. The zero-order valence-electron chi connectivity index (χ0n) is 12.4. The molecule has 19 heavy (non-hydrogen) atoms. The van der Waals surface area contributed by atoms with Crippen molar-refractivity contribution in [2.75, 3.05) is 11.4 Å². The van der Waals surface area contributed by atoms with Gasteiger partial charge in [0.25, 0.3) is 0 Å². The van der Waals surface area contributed by atoms with Crippen LogP contribution in [0.25, 0.3) is 0 Å². The molecule has 0 saturated carbocycles. The molecule has 3 rings (SSSR count). The van der Waals surface area contributed by atoms with Crippen LogP contribution in [-0.2, 0) is 16.6 Å². The minimum absolute atomic E-state index is 0.0578. The van der Waals surface area contributed by atoms with Crippen LogP contribution in [0.5, 0.6) is 0 Å². The third-order valence-corrected chi connectivity index (χ3v) is 5.90. The van der Waals surface area contributed by atoms with Gasteiger partial charge in [0.05, 0.1) is 5.41 Å². The first kappa shape index (κ1) is 12.7. The lowest BCUT2D eigenvalue weighted by Gasteiger charge is -2.56. The molecule has 1 aromatic rings. The number of para-hydroxylation sites is 1. The van der Waals surface area contributed by atoms with Crippen molar-refractivity contribution >= 4 is 12.0 Å². The van der Waals surface area contributed by atoms with Gasteiger partial charge in [0.15, 0.2) is 0 Å². The zero-order chi connectivity index (χ0) is 13.8. The second-order valence-electron chi connectivity index (χ2n) is 6.83. The molecule has 2 heteroatoms. The van der Waals surface area contributed by atoms with Crippen LogP contribution in [0.15, 0.2) is 18.2 Å². The molecule has 0 radical (unpaired) electrons. The number of carbonyl (C=O) groups excluding carboxylic acids is 1. The molecule has 2 heterocycles. The van der Waals surface area contributed by atoms with E-state index >= 15 is 0 Å². The monoisotopic (exact) mass is 257 g/mol. The Hall–Kier alpha value is -1.31. The van der Waals surface area contributed by atoms with Gasteiger partial charge in [-0.2, -0.15) is 0 Å². The van der Waals surface area contributed by atoms with Crippen molar-refractivity contribution in [2.45, 2.75) is 52.0 Å². The Balaban J connectivity index is 2.33. The van der Waals surface area contributed by atoms with E-state index in [9.17, 15) is 4.79 Å². The Morgan fingerprint density at radius 3 is 2.74 bits per heavy atom. The number of nitrogens with zero attached hydrogens (tertiary/aromatic N) is 1. The molecule has 2 atom stereocenters. The van der Waals surface area contributed by atoms with Gasteiger partial charge >= 0.3 is 0 Å². The largest absolute Gasteiger partial charge is 0.368 e. The average molecular weight is 257 g/mol. The maximum atomic E-state index is 11.9. The van der Waals surface area contributed by atoms with Gasteiger partial charge in [0.2, 0.25) is 0 Å². The molecule has 0 saturated heterocycles. The smallest absolute Gasteiger partial charge is 0.130 e. The summed E-state index contributed by atoms with van der Waals surface area (Å²) in [5, 5.41) is 0. The van der Waals surface area contributed by atoms with E-state index in [-0.39, 0.29) is 5.41 Å². The van der Waals surface area contributed by atoms with E-state index in [4.69, 9.17) is 0 Å². The Kier molecular flexibility index (Phi) is 2.57. The molecule has 0 fully saturated rings. The number of rotatable bonds is 1. The van der Waals surface area contributed by atoms with Gasteiger partial charge in [0.1, 0.15) is 6.29 Å². The Labute approximate surface area is 115 Å². The predicted molar refractivity (Wildman–Crippen MR) is 78.8 cm³/mol. The van der Waals surface area contributed by atoms with E-state index in [1.54, 1.807) is 0 Å². The fourth-order valence-electron chi connectivity index (χ4n) is 3.88. The van der Waals surface area contributed by atoms with E-state index in [1.165, 1.54) is 29.5 Å². The molecule has 0 spiro atoms. The molecule has 0 N–H and O–H groups in total. The van der Waals surface area contributed by atoms with Crippen molar-refractivity contribution in [1.29, 1.82) is 0 Å². The van der Waals surface area contributed by atoms with Gasteiger partial charge in [-0.3, -0.25) is 0 Å². The lowest BCUT2D eigenvalue weighted by molar-refractivity contribution is -0.116. The van der Waals surface area contributed by atoms with E-state index in [0.717, 1.165) is 13.0 Å². The van der Waals surface area contributed by atoms with Crippen molar-refractivity contribution in [3.63, 3.8) is 0 Å². The second kappa shape index (κ2) is 3.84. The number of hydrogen-bond acceptors (Lipinski definition) is 2. The highest BCUT2D eigenvalue weighted by atomic mass is 16.1. The van der Waals surface area contributed by atoms with Crippen LogP contribution in [0.3, 0.4) is 0 Å². The predicted octanol–water partition coefficient (Wildman–Crippen LogP) is 3.32. The summed E-state index contributed by atoms with van der Waals surface area (Å²) in [4.78, 5) is 14.4. The molecule has 2 aliphatic rings. The third kappa shape index (κ3) is 1.40. The molecule has 0 aromatic heterocycles. The summed E-state index contributed by atoms with van der Waals surface area (Å²) in [6.45, 7) is 9.96. The highest BCUT2D eigenvalue weighted by molar-refractivity contribution is 5.79. The highest BCUT2D eigenvalue weighted by Gasteiger charge is 2.53. The van der Waals surface area contributed by atoms with Gasteiger partial charge in [-0.25, -0.2) is 0 Å². The average Bonchev–Trinajstić information content (AvgIpc) is 2.42. The number of aryl methyl sites for hydroxylation is 1. The first-order chi connectivity index (χ1) is 8.93. The minimum Gasteiger partial charge on any atom is -0.368 e. The van der Waals surface area contributed by atoms with Gasteiger partial charge < -0.3 is 9.69 Å². The summed E-state index contributed by atoms with van der Waals surface area (Å²) in [6.07, 6.45) is 3.53. The minimum atomic E-state index is -0.397. The van der Waals surface area contributed by atoms with Crippen LogP contribution in [0, 0.1) is 5.41 Å². The van der Waals surface area contributed by atoms with E-state index < -0.39 is 5.41 Å². The fraction of sp³-hybridized carbons (Fsp3) is 0.588. The molecule has 2 unspecified atom stereocenters. The summed E-state index contributed by atoms with van der Waals surface area (Å²) < 4.78 is 0. The molecule has 2 nitrogen and oxygen atoms in total. The molecular formula is C17H23NO. The molecule has 0 bridgehead atoms. The maximum absolute atomic E-state index is 11.9. The van der Waals surface area contributed by atoms with Gasteiger partial charge in [0, 0.05) is 23.7 Å². The van der Waals surface area contributed by atoms with Crippen LogP contribution in [-0.4, -0.2) is 18.9 Å². The van der Waals surface area contributed by atoms with Crippen molar-refractivity contribution in [2.24, 2.45) is 5.41 Å². The topological polar surface area (TPSA) is 20.3 Å². The van der Waals surface area contributed by atoms with Crippen LogP contribution >= 0.6 is 0 Å². The molecule has 102 valence electrons. The Morgan fingerprint density at radius 2 is 2.05 bits per heavy atom. The quantitative estimate of drug-likeness (QED) is 0.719. The van der Waals surface area contributed by atoms with Gasteiger partial charge in [-0.05, 0) is 37.8 Å². The second-order valence-corrected chi connectivity index (χ2v) is 6.83. The summed E-state index contributed by atoms with van der Waals surface area (Å²) in [7, 11) is 0. The number of carbonyl (C=O) groups is 1. The summed E-state index contributed by atoms with van der Waals surface area (Å²) in [5.74, 6) is 0. The number of hydrogen-bond donors (Lipinski definition) is 0. The standard InChI is InChI=1S/C17H23NO/c1-12-16(2,3)17(4,11-19)14-9-5-7-13-8-6-10-18(12)15(13)14/h5,7,9,11-12H,6,8,10H2,1-4H3. The first-order valence-electron chi connectivity index (χ1n) is 7.29. The SMILES string of the molecule is CC1N2CCCc3cccc(c32)C(C)(C=O)C1(C)C. The van der Waals surface area contributed by atoms with Gasteiger partial charge in [-0.1, -0.05) is 32.0 Å². The molecule has 2 aliphatic heterocycles. The number of benzene rings is 1. The normalized spacial score (nSPS) is 31.8. The maximum Gasteiger partial charge on any atom is 0.130 e. The lowest BCUT2D eigenvalue weighted by Crippen LogP contribution is -2.59. The first-order valence-corrected chi connectivity index (χ1v) is 7.29. The van der Waals surface area contributed by atoms with E-state index in [1.807, 2.05) is 0 Å². The van der Waals surface area contributed by atoms with Crippen molar-refractivity contribution in [3.8, 4) is 0 Å². The summed E-state index contributed by atoms with van der Waals surface area (Å²) in [5.41, 5.74) is 3.53. The van der Waals surface area contributed by atoms with E-state index in [0.29, 0.717) is 6.04 Å². The number of anilines is 1. The number of aldehydes is 1. The zero-order valence-corrected chi connectivity index (χ0v) is 12.4. The summed E-state index contributed by atoms with van der Waals surface area (Å²) in [6, 6.07) is 6.88. The van der Waals surface area contributed by atoms with Crippen LogP contribution in [0.2, 0.25) is 0 Å². The van der Waals surface area contributed by atoms with Crippen LogP contribution < -0.4 is 4.90 Å². The lowest BCUT2D eigenvalue weighted by atomic mass is 9.57. The van der Waals surface area contributed by atoms with Crippen LogP contribution in [0.4, 0.5) is 5.69 Å². The van der Waals surface area contributed by atoms with Gasteiger partial charge in [-0.15, -0.1) is 0 Å². The molecule has 0 aliphatic carbocycles. The van der Waals surface area contributed by atoms with Crippen LogP contribution in [0.1, 0.15) is 45.2 Å². The van der Waals surface area contributed by atoms with Crippen molar-refractivity contribution in [3.05, 3.63) is 29.3 Å². The Morgan fingerprint density at radius 1 is 1.32 bits per heavy atom.